The number of carbonyl (C=O) groups excluding carboxylic acids is 3. The van der Waals surface area contributed by atoms with Gasteiger partial charge in [0.15, 0.2) is 11.3 Å². The van der Waals surface area contributed by atoms with Gasteiger partial charge in [0.05, 0.1) is 59.8 Å². The van der Waals surface area contributed by atoms with Crippen molar-refractivity contribution in [1.82, 2.24) is 48.6 Å². The van der Waals surface area contributed by atoms with E-state index in [1.54, 1.807) is 24.1 Å². The highest BCUT2D eigenvalue weighted by molar-refractivity contribution is 6.08. The van der Waals surface area contributed by atoms with Crippen LogP contribution in [0.5, 0.6) is 0 Å². The maximum Gasteiger partial charge on any atom is 0.329 e. The van der Waals surface area contributed by atoms with Crippen molar-refractivity contribution < 1.29 is 27.9 Å². The van der Waals surface area contributed by atoms with E-state index in [9.17, 15) is 28.0 Å². The number of morpholine rings is 1. The van der Waals surface area contributed by atoms with E-state index in [0.29, 0.717) is 47.8 Å². The van der Waals surface area contributed by atoms with Gasteiger partial charge in [-0.2, -0.15) is 10.2 Å². The standard InChI is InChI=1S/C45H50F2N12O5/c1-53-40-27(4-2-6-35(40)59(45(53)63)36-13-14-38(60)51-44(36)62)5-3-16-55-29-11-12-30(55)22-54(21-29)20-26-7-9-28(10-8-26)58-24-34(39(52-58)41(46)47)49-43(61)33-19-48-57-17-15-37(50-42(33)57)56-23-32-18-31(56)25-64-32/h2,4,6,15,17,19,24,26,28-32,36,41H,7-14,16,18,20-23,25H2,1H3,(H,49,61)(H,51,60,62)/t26-,28-,29?,30?,31-,32-,36?/m1/s1. The van der Waals surface area contributed by atoms with Crippen molar-refractivity contribution in [2.45, 2.75) is 101 Å². The van der Waals surface area contributed by atoms with Gasteiger partial charge in [0.25, 0.3) is 12.3 Å². The van der Waals surface area contributed by atoms with E-state index in [4.69, 9.17) is 9.72 Å². The Balaban J connectivity index is 0.699. The van der Waals surface area contributed by atoms with E-state index in [2.05, 4.69) is 47.4 Å². The maximum absolute atomic E-state index is 14.4. The number of alkyl halides is 2. The average Bonchev–Trinajstić information content (AvgIpc) is 4.16. The number of aromatic nitrogens is 7. The molecule has 2 N–H and O–H groups in total. The third kappa shape index (κ3) is 7.25. The van der Waals surface area contributed by atoms with Gasteiger partial charge in [-0.15, -0.1) is 0 Å². The lowest BCUT2D eigenvalue weighted by Gasteiger charge is -2.42. The lowest BCUT2D eigenvalue weighted by molar-refractivity contribution is -0.135. The van der Waals surface area contributed by atoms with Crippen molar-refractivity contribution in [3.8, 4) is 11.8 Å². The fraction of sp³-hybridized carbons (Fsp3) is 0.533. The van der Waals surface area contributed by atoms with Gasteiger partial charge in [-0.25, -0.2) is 23.1 Å². The quantitative estimate of drug-likeness (QED) is 0.164. The Hall–Kier alpha value is -5.97. The highest BCUT2D eigenvalue weighted by Crippen LogP contribution is 2.38. The van der Waals surface area contributed by atoms with Crippen LogP contribution in [0.3, 0.4) is 0 Å². The van der Waals surface area contributed by atoms with E-state index in [1.807, 2.05) is 24.3 Å². The van der Waals surface area contributed by atoms with Crippen LogP contribution in [0.2, 0.25) is 0 Å². The first-order chi connectivity index (χ1) is 31.1. The van der Waals surface area contributed by atoms with Gasteiger partial charge in [0.1, 0.15) is 17.4 Å². The fourth-order valence-corrected chi connectivity index (χ4v) is 11.3. The zero-order valence-electron chi connectivity index (χ0n) is 35.5. The summed E-state index contributed by atoms with van der Waals surface area (Å²) < 4.78 is 40.6. The van der Waals surface area contributed by atoms with Gasteiger partial charge in [-0.05, 0) is 75.5 Å². The summed E-state index contributed by atoms with van der Waals surface area (Å²) in [5, 5.41) is 13.7. The molecule has 5 saturated heterocycles. The van der Waals surface area contributed by atoms with Gasteiger partial charge in [-0.1, -0.05) is 17.9 Å². The molecular formula is C45H50F2N12O5. The van der Waals surface area contributed by atoms with Crippen LogP contribution in [0, 0.1) is 17.8 Å². The summed E-state index contributed by atoms with van der Waals surface area (Å²) in [5.74, 6) is 6.60. The molecule has 3 unspecified atom stereocenters. The average molecular weight is 877 g/mol. The molecule has 19 heteroatoms. The maximum atomic E-state index is 14.4. The lowest BCUT2D eigenvalue weighted by atomic mass is 9.85. The first-order valence-corrected chi connectivity index (χ1v) is 22.5. The van der Waals surface area contributed by atoms with Gasteiger partial charge in [-0.3, -0.25) is 43.3 Å². The second-order valence-corrected chi connectivity index (χ2v) is 18.4. The molecule has 11 rings (SSSR count). The summed E-state index contributed by atoms with van der Waals surface area (Å²) in [5.41, 5.74) is 1.81. The molecule has 17 nitrogen and oxygen atoms in total. The Kier molecular flexibility index (Phi) is 10.3. The number of nitrogens with one attached hydrogen (secondary N) is 2. The Morgan fingerprint density at radius 2 is 1.80 bits per heavy atom. The number of anilines is 2. The molecule has 0 radical (unpaired) electrons. The molecule has 6 aliphatic rings. The Bertz CT molecular complexity index is 2780. The molecule has 64 heavy (non-hydrogen) atoms. The summed E-state index contributed by atoms with van der Waals surface area (Å²) in [6.45, 7) is 4.92. The number of benzene rings is 1. The Morgan fingerprint density at radius 3 is 2.53 bits per heavy atom. The fourth-order valence-electron chi connectivity index (χ4n) is 11.3. The largest absolute Gasteiger partial charge is 0.374 e. The van der Waals surface area contributed by atoms with Crippen LogP contribution in [0.15, 0.2) is 47.7 Å². The number of amides is 3. The summed E-state index contributed by atoms with van der Waals surface area (Å²) in [7, 11) is 1.69. The number of imidazole rings is 1. The van der Waals surface area contributed by atoms with Crippen LogP contribution in [0.25, 0.3) is 16.7 Å². The molecule has 5 aromatic rings. The molecule has 5 aliphatic heterocycles. The van der Waals surface area contributed by atoms with E-state index >= 15 is 0 Å². The van der Waals surface area contributed by atoms with Crippen molar-refractivity contribution in [3.63, 3.8) is 0 Å². The number of fused-ring (bicyclic) bond motifs is 6. The topological polar surface area (TPSA) is 169 Å². The highest BCUT2D eigenvalue weighted by Gasteiger charge is 2.41. The summed E-state index contributed by atoms with van der Waals surface area (Å²) in [6, 6.07) is 7.69. The number of piperazine rings is 1. The summed E-state index contributed by atoms with van der Waals surface area (Å²) in [4.78, 5) is 63.5. The van der Waals surface area contributed by atoms with E-state index in [-0.39, 0.29) is 53.9 Å². The van der Waals surface area contributed by atoms with Crippen LogP contribution < -0.4 is 21.2 Å². The van der Waals surface area contributed by atoms with Crippen molar-refractivity contribution >= 4 is 45.9 Å². The molecule has 4 bridgehead atoms. The molecular weight excluding hydrogens is 827 g/mol. The highest BCUT2D eigenvalue weighted by atomic mass is 19.3. The van der Waals surface area contributed by atoms with Crippen LogP contribution in [0.4, 0.5) is 20.3 Å². The zero-order valence-corrected chi connectivity index (χ0v) is 35.5. The molecule has 9 heterocycles. The number of rotatable bonds is 9. The minimum atomic E-state index is -2.86. The molecule has 5 atom stereocenters. The van der Waals surface area contributed by atoms with Crippen molar-refractivity contribution in [1.29, 1.82) is 0 Å². The minimum absolute atomic E-state index is 0.00351. The number of piperidine rings is 1. The summed E-state index contributed by atoms with van der Waals surface area (Å²) >= 11 is 0. The molecule has 1 saturated carbocycles. The van der Waals surface area contributed by atoms with Gasteiger partial charge in [0, 0.05) is 64.1 Å². The second kappa shape index (κ2) is 16.2. The predicted molar refractivity (Wildman–Crippen MR) is 230 cm³/mol. The number of para-hydroxylation sites is 1. The zero-order chi connectivity index (χ0) is 43.8. The third-order valence-electron chi connectivity index (χ3n) is 14.5. The van der Waals surface area contributed by atoms with E-state index in [1.165, 1.54) is 19.8 Å². The Morgan fingerprint density at radius 1 is 1.00 bits per heavy atom. The van der Waals surface area contributed by atoms with Crippen LogP contribution in [-0.4, -0.2) is 125 Å². The van der Waals surface area contributed by atoms with E-state index < -0.39 is 30.0 Å². The smallest absolute Gasteiger partial charge is 0.329 e. The monoisotopic (exact) mass is 876 g/mol. The number of likely N-dealkylation sites (tertiary alicyclic amines) is 1. The van der Waals surface area contributed by atoms with Crippen LogP contribution in [-0.2, 0) is 21.4 Å². The Labute approximate surface area is 366 Å². The van der Waals surface area contributed by atoms with Gasteiger partial charge in [0.2, 0.25) is 11.8 Å². The van der Waals surface area contributed by atoms with Gasteiger partial charge < -0.3 is 15.0 Å². The number of nitrogens with zero attached hydrogens (tertiary/aromatic N) is 10. The molecule has 3 amide bonds. The number of aryl methyl sites for hydroxylation is 1. The summed E-state index contributed by atoms with van der Waals surface area (Å²) in [6.07, 6.45) is 9.20. The molecule has 4 aromatic heterocycles. The molecule has 0 spiro atoms. The predicted octanol–water partition coefficient (Wildman–Crippen LogP) is 3.66. The SMILES string of the molecule is Cn1c(=O)n(C2CCC(=O)NC2=O)c2cccc(C#CCN3C4CCC3CN(C[C@H]3CC[C@H](n5cc(NC(=O)c6cnn7ccc(N8C[C@H]9C[C@@H]8CO9)nc67)c(C(F)F)n5)CC3)C4)c21. The molecule has 1 aliphatic carbocycles. The van der Waals surface area contributed by atoms with Crippen molar-refractivity contribution in [2.75, 3.05) is 49.5 Å². The van der Waals surface area contributed by atoms with Crippen molar-refractivity contribution in [2.24, 2.45) is 13.0 Å². The normalized spacial score (nSPS) is 27.2. The number of halogens is 2. The number of ether oxygens (including phenoxy) is 1. The van der Waals surface area contributed by atoms with Crippen LogP contribution >= 0.6 is 0 Å². The second-order valence-electron chi connectivity index (χ2n) is 18.4. The number of imide groups is 1. The number of hydrogen-bond donors (Lipinski definition) is 2. The van der Waals surface area contributed by atoms with E-state index in [0.717, 1.165) is 82.5 Å². The van der Waals surface area contributed by atoms with Crippen LogP contribution in [0.1, 0.15) is 97.9 Å². The molecule has 1 aromatic carbocycles. The minimum Gasteiger partial charge on any atom is -0.374 e. The molecule has 334 valence electrons. The first kappa shape index (κ1) is 40.8. The first-order valence-electron chi connectivity index (χ1n) is 22.5. The number of carbonyl (C=O) groups is 3. The third-order valence-corrected chi connectivity index (χ3v) is 14.5. The lowest BCUT2D eigenvalue weighted by Crippen LogP contribution is -2.54. The van der Waals surface area contributed by atoms with Gasteiger partial charge >= 0.3 is 5.69 Å². The van der Waals surface area contributed by atoms with Crippen molar-refractivity contribution in [3.05, 3.63) is 70.2 Å². The number of hydrogen-bond acceptors (Lipinski definition) is 11. The molecule has 6 fully saturated rings.